The molecule has 0 unspecified atom stereocenters. The summed E-state index contributed by atoms with van der Waals surface area (Å²) < 4.78 is 4.99. The Morgan fingerprint density at radius 3 is 2.70 bits per heavy atom. The Bertz CT molecular complexity index is 827. The fourth-order valence-corrected chi connectivity index (χ4v) is 2.43. The Kier molecular flexibility index (Phi) is 7.31. The second kappa shape index (κ2) is 9.68. The summed E-state index contributed by atoms with van der Waals surface area (Å²) in [5.41, 5.74) is 1.69. The number of hydrogen-bond donors (Lipinski definition) is 1. The molecule has 1 aromatic carbocycles. The smallest absolute Gasteiger partial charge is 0.340 e. The van der Waals surface area contributed by atoms with Gasteiger partial charge < -0.3 is 15.0 Å². The van der Waals surface area contributed by atoms with Gasteiger partial charge in [0.1, 0.15) is 0 Å². The fraction of sp³-hybridized carbons (Fsp3) is 0.263. The molecule has 0 saturated heterocycles. The minimum Gasteiger partial charge on any atom is -0.452 e. The average Bonchev–Trinajstić information content (AvgIpc) is 2.67. The minimum absolute atomic E-state index is 0.161. The molecule has 2 rings (SSSR count). The molecule has 0 atom stereocenters. The number of halogens is 1. The summed E-state index contributed by atoms with van der Waals surface area (Å²) in [7, 11) is 0. The van der Waals surface area contributed by atoms with Crippen molar-refractivity contribution in [3.63, 3.8) is 0 Å². The molecule has 1 heterocycles. The van der Waals surface area contributed by atoms with Gasteiger partial charge in [-0.15, -0.1) is 0 Å². The summed E-state index contributed by atoms with van der Waals surface area (Å²) >= 11 is 5.94. The zero-order chi connectivity index (χ0) is 19.8. The standard InChI is InChI=1S/C19H20ClN3O4/c1-3-23(11-17(24)22-16-9-15(20)7-6-13(16)2)18(25)12-27-19(26)14-5-4-8-21-10-14/h4-10H,3,11-12H2,1-2H3,(H,22,24). The molecule has 1 aromatic heterocycles. The van der Waals surface area contributed by atoms with Crippen molar-refractivity contribution < 1.29 is 19.1 Å². The molecule has 0 spiro atoms. The van der Waals surface area contributed by atoms with Crippen molar-refractivity contribution in [3.8, 4) is 0 Å². The number of rotatable bonds is 7. The number of hydrogen-bond acceptors (Lipinski definition) is 5. The molecule has 2 amide bonds. The van der Waals surface area contributed by atoms with Gasteiger partial charge in [-0.3, -0.25) is 14.6 Å². The molecule has 0 aliphatic carbocycles. The van der Waals surface area contributed by atoms with E-state index in [1.807, 2.05) is 6.92 Å². The molecule has 0 aliphatic heterocycles. The quantitative estimate of drug-likeness (QED) is 0.735. The lowest BCUT2D eigenvalue weighted by Crippen LogP contribution is -2.40. The number of carbonyl (C=O) groups excluding carboxylic acids is 3. The summed E-state index contributed by atoms with van der Waals surface area (Å²) in [5, 5.41) is 3.23. The molecule has 27 heavy (non-hydrogen) atoms. The minimum atomic E-state index is -0.647. The Balaban J connectivity index is 1.89. The predicted octanol–water partition coefficient (Wildman–Crippen LogP) is 2.69. The van der Waals surface area contributed by atoms with Crippen LogP contribution in [0.4, 0.5) is 5.69 Å². The molecule has 0 bridgehead atoms. The second-order valence-corrected chi connectivity index (χ2v) is 6.17. The first-order chi connectivity index (χ1) is 12.9. The van der Waals surface area contributed by atoms with Crippen LogP contribution in [-0.2, 0) is 14.3 Å². The average molecular weight is 390 g/mol. The van der Waals surface area contributed by atoms with E-state index in [2.05, 4.69) is 10.3 Å². The molecule has 1 N–H and O–H groups in total. The summed E-state index contributed by atoms with van der Waals surface area (Å²) in [4.78, 5) is 41.5. The van der Waals surface area contributed by atoms with Gasteiger partial charge in [0.05, 0.1) is 12.1 Å². The van der Waals surface area contributed by atoms with E-state index >= 15 is 0 Å². The molecular formula is C19H20ClN3O4. The molecular weight excluding hydrogens is 370 g/mol. The van der Waals surface area contributed by atoms with Gasteiger partial charge in [0.25, 0.3) is 5.91 Å². The highest BCUT2D eigenvalue weighted by molar-refractivity contribution is 6.31. The number of nitrogens with one attached hydrogen (secondary N) is 1. The van der Waals surface area contributed by atoms with Crippen LogP contribution in [0.15, 0.2) is 42.7 Å². The van der Waals surface area contributed by atoms with E-state index in [0.29, 0.717) is 17.3 Å². The van der Waals surface area contributed by atoms with Crippen molar-refractivity contribution in [2.75, 3.05) is 25.0 Å². The number of anilines is 1. The van der Waals surface area contributed by atoms with Crippen molar-refractivity contribution in [1.29, 1.82) is 0 Å². The lowest BCUT2D eigenvalue weighted by molar-refractivity contribution is -0.137. The molecule has 142 valence electrons. The third-order valence-electron chi connectivity index (χ3n) is 3.77. The zero-order valence-corrected chi connectivity index (χ0v) is 15.8. The topological polar surface area (TPSA) is 88.6 Å². The number of ether oxygens (including phenoxy) is 1. The van der Waals surface area contributed by atoms with Crippen LogP contribution in [0.25, 0.3) is 0 Å². The lowest BCUT2D eigenvalue weighted by Gasteiger charge is -2.20. The highest BCUT2D eigenvalue weighted by Gasteiger charge is 2.18. The number of amides is 2. The van der Waals surface area contributed by atoms with Crippen LogP contribution in [0.2, 0.25) is 5.02 Å². The predicted molar refractivity (Wildman–Crippen MR) is 102 cm³/mol. The summed E-state index contributed by atoms with van der Waals surface area (Å²) in [6.45, 7) is 3.26. The van der Waals surface area contributed by atoms with E-state index in [4.69, 9.17) is 16.3 Å². The number of aryl methyl sites for hydroxylation is 1. The highest BCUT2D eigenvalue weighted by Crippen LogP contribution is 2.20. The third-order valence-corrected chi connectivity index (χ3v) is 4.00. The number of carbonyl (C=O) groups is 3. The Labute approximate surface area is 162 Å². The SMILES string of the molecule is CCN(CC(=O)Nc1cc(Cl)ccc1C)C(=O)COC(=O)c1cccnc1. The van der Waals surface area contributed by atoms with Gasteiger partial charge in [-0.25, -0.2) is 4.79 Å². The van der Waals surface area contributed by atoms with Crippen LogP contribution in [0.3, 0.4) is 0 Å². The normalized spacial score (nSPS) is 10.2. The molecule has 0 fully saturated rings. The maximum atomic E-state index is 12.3. The van der Waals surface area contributed by atoms with Gasteiger partial charge in [0.2, 0.25) is 5.91 Å². The van der Waals surface area contributed by atoms with Crippen LogP contribution in [0.5, 0.6) is 0 Å². The van der Waals surface area contributed by atoms with Gasteiger partial charge in [-0.1, -0.05) is 17.7 Å². The van der Waals surface area contributed by atoms with Crippen molar-refractivity contribution in [2.45, 2.75) is 13.8 Å². The van der Waals surface area contributed by atoms with Crippen LogP contribution in [-0.4, -0.2) is 47.4 Å². The van der Waals surface area contributed by atoms with Gasteiger partial charge in [0, 0.05) is 29.6 Å². The summed E-state index contributed by atoms with van der Waals surface area (Å²) in [5.74, 6) is -1.48. The third kappa shape index (κ3) is 6.07. The number of esters is 1. The monoisotopic (exact) mass is 389 g/mol. The van der Waals surface area contributed by atoms with Crippen LogP contribution in [0.1, 0.15) is 22.8 Å². The molecule has 8 heteroatoms. The number of likely N-dealkylation sites (N-methyl/N-ethyl adjacent to an activating group) is 1. The van der Waals surface area contributed by atoms with Crippen molar-refractivity contribution >= 4 is 35.1 Å². The maximum Gasteiger partial charge on any atom is 0.340 e. The fourth-order valence-electron chi connectivity index (χ4n) is 2.25. The summed E-state index contributed by atoms with van der Waals surface area (Å²) in [6, 6.07) is 8.29. The Morgan fingerprint density at radius 2 is 2.04 bits per heavy atom. The first-order valence-corrected chi connectivity index (χ1v) is 8.69. The molecule has 0 saturated carbocycles. The van der Waals surface area contributed by atoms with Gasteiger partial charge in [-0.05, 0) is 43.7 Å². The van der Waals surface area contributed by atoms with E-state index in [9.17, 15) is 14.4 Å². The zero-order valence-electron chi connectivity index (χ0n) is 15.1. The molecule has 0 aliphatic rings. The molecule has 0 radical (unpaired) electrons. The van der Waals surface area contributed by atoms with Gasteiger partial charge in [-0.2, -0.15) is 0 Å². The van der Waals surface area contributed by atoms with E-state index in [0.717, 1.165) is 5.56 Å². The van der Waals surface area contributed by atoms with Crippen molar-refractivity contribution in [2.24, 2.45) is 0 Å². The van der Waals surface area contributed by atoms with Crippen molar-refractivity contribution in [1.82, 2.24) is 9.88 Å². The lowest BCUT2D eigenvalue weighted by atomic mass is 10.2. The number of aromatic nitrogens is 1. The molecule has 7 nitrogen and oxygen atoms in total. The van der Waals surface area contributed by atoms with E-state index in [-0.39, 0.29) is 18.0 Å². The largest absolute Gasteiger partial charge is 0.452 e. The Hall–Kier alpha value is -2.93. The Morgan fingerprint density at radius 1 is 1.26 bits per heavy atom. The van der Waals surface area contributed by atoms with E-state index in [1.54, 1.807) is 31.2 Å². The number of pyridine rings is 1. The van der Waals surface area contributed by atoms with Crippen molar-refractivity contribution in [3.05, 3.63) is 58.9 Å². The first-order valence-electron chi connectivity index (χ1n) is 8.31. The van der Waals surface area contributed by atoms with Crippen LogP contribution < -0.4 is 5.32 Å². The number of nitrogens with zero attached hydrogens (tertiary/aromatic N) is 2. The van der Waals surface area contributed by atoms with E-state index in [1.165, 1.54) is 23.4 Å². The second-order valence-electron chi connectivity index (χ2n) is 5.73. The van der Waals surface area contributed by atoms with Crippen LogP contribution >= 0.6 is 11.6 Å². The van der Waals surface area contributed by atoms with Gasteiger partial charge >= 0.3 is 5.97 Å². The van der Waals surface area contributed by atoms with Gasteiger partial charge in [0.15, 0.2) is 6.61 Å². The highest BCUT2D eigenvalue weighted by atomic mass is 35.5. The molecule has 2 aromatic rings. The number of benzene rings is 1. The summed E-state index contributed by atoms with van der Waals surface area (Å²) in [6.07, 6.45) is 2.88. The van der Waals surface area contributed by atoms with Crippen LogP contribution in [0, 0.1) is 6.92 Å². The maximum absolute atomic E-state index is 12.3. The first kappa shape index (κ1) is 20.4. The van der Waals surface area contributed by atoms with E-state index < -0.39 is 18.5 Å².